The Bertz CT molecular complexity index is 716. The molecule has 3 rings (SSSR count). The van der Waals surface area contributed by atoms with Crippen molar-refractivity contribution in [1.82, 2.24) is 20.5 Å². The average Bonchev–Trinajstić information content (AvgIpc) is 2.63. The molecule has 1 amide bonds. The highest BCUT2D eigenvalue weighted by Gasteiger charge is 2.25. The van der Waals surface area contributed by atoms with Gasteiger partial charge in [0.25, 0.3) is 5.91 Å². The van der Waals surface area contributed by atoms with Crippen LogP contribution in [0, 0.1) is 6.92 Å². The van der Waals surface area contributed by atoms with Gasteiger partial charge in [-0.3, -0.25) is 14.7 Å². The van der Waals surface area contributed by atoms with E-state index in [2.05, 4.69) is 39.6 Å². The molecule has 126 valence electrons. The van der Waals surface area contributed by atoms with E-state index in [1.54, 1.807) is 7.05 Å². The third-order valence-electron chi connectivity index (χ3n) is 4.59. The molecule has 0 radical (unpaired) electrons. The first-order valence-electron chi connectivity index (χ1n) is 8.36. The Morgan fingerprint density at radius 2 is 2.25 bits per heavy atom. The van der Waals surface area contributed by atoms with E-state index in [1.165, 1.54) is 5.56 Å². The number of benzene rings is 1. The fourth-order valence-electron chi connectivity index (χ4n) is 3.17. The van der Waals surface area contributed by atoms with Crippen molar-refractivity contribution < 1.29 is 4.79 Å². The number of pyridine rings is 1. The predicted molar refractivity (Wildman–Crippen MR) is 94.8 cm³/mol. The van der Waals surface area contributed by atoms with Gasteiger partial charge in [0, 0.05) is 51.0 Å². The molecule has 1 fully saturated rings. The van der Waals surface area contributed by atoms with Crippen LogP contribution in [0.15, 0.2) is 42.6 Å². The third kappa shape index (κ3) is 3.63. The Morgan fingerprint density at radius 1 is 1.38 bits per heavy atom. The molecule has 1 aliphatic heterocycles. The second-order valence-corrected chi connectivity index (χ2v) is 6.16. The summed E-state index contributed by atoms with van der Waals surface area (Å²) in [4.78, 5) is 18.9. The summed E-state index contributed by atoms with van der Waals surface area (Å²) in [7, 11) is 1.66. The van der Waals surface area contributed by atoms with E-state index in [1.807, 2.05) is 30.5 Å². The summed E-state index contributed by atoms with van der Waals surface area (Å²) in [6.45, 7) is 5.74. The van der Waals surface area contributed by atoms with Gasteiger partial charge >= 0.3 is 0 Å². The van der Waals surface area contributed by atoms with Crippen LogP contribution >= 0.6 is 0 Å². The van der Waals surface area contributed by atoms with Gasteiger partial charge in [0.05, 0.1) is 5.69 Å². The van der Waals surface area contributed by atoms with Gasteiger partial charge in [0.2, 0.25) is 0 Å². The lowest BCUT2D eigenvalue weighted by Gasteiger charge is -2.36. The number of hydrogen-bond donors (Lipinski definition) is 2. The van der Waals surface area contributed by atoms with Crippen molar-refractivity contribution in [2.24, 2.45) is 0 Å². The zero-order valence-electron chi connectivity index (χ0n) is 14.2. The predicted octanol–water partition coefficient (Wildman–Crippen LogP) is 1.90. The molecule has 1 aromatic heterocycles. The minimum absolute atomic E-state index is 0.0484. The van der Waals surface area contributed by atoms with E-state index in [0.29, 0.717) is 5.56 Å². The zero-order valence-corrected chi connectivity index (χ0v) is 14.2. The molecule has 2 heterocycles. The number of rotatable bonds is 4. The Hall–Kier alpha value is -2.24. The maximum absolute atomic E-state index is 11.9. The lowest BCUT2D eigenvalue weighted by Crippen LogP contribution is -2.45. The molecule has 0 unspecified atom stereocenters. The van der Waals surface area contributed by atoms with Crippen molar-refractivity contribution in [2.75, 3.05) is 26.7 Å². The molecule has 1 aromatic carbocycles. The number of carbonyl (C=O) groups is 1. The maximum Gasteiger partial charge on any atom is 0.251 e. The molecular formula is C19H24N4O. The van der Waals surface area contributed by atoms with Gasteiger partial charge in [-0.05, 0) is 36.2 Å². The minimum atomic E-state index is -0.0484. The first-order chi connectivity index (χ1) is 11.7. The second kappa shape index (κ2) is 7.55. The number of nitrogens with one attached hydrogen (secondary N) is 2. The van der Waals surface area contributed by atoms with Crippen LogP contribution in [0.2, 0.25) is 0 Å². The Kier molecular flexibility index (Phi) is 5.23. The van der Waals surface area contributed by atoms with E-state index in [0.717, 1.165) is 37.4 Å². The third-order valence-corrected chi connectivity index (χ3v) is 4.59. The number of amides is 1. The van der Waals surface area contributed by atoms with Crippen molar-refractivity contribution >= 4 is 5.91 Å². The highest BCUT2D eigenvalue weighted by Crippen LogP contribution is 2.25. The van der Waals surface area contributed by atoms with Crippen LogP contribution in [0.4, 0.5) is 0 Å². The van der Waals surface area contributed by atoms with Crippen LogP contribution in [0.1, 0.15) is 33.2 Å². The molecule has 0 saturated carbocycles. The van der Waals surface area contributed by atoms with Gasteiger partial charge in [-0.2, -0.15) is 0 Å². The minimum Gasteiger partial charge on any atom is -0.355 e. The summed E-state index contributed by atoms with van der Waals surface area (Å²) >= 11 is 0. The highest BCUT2D eigenvalue weighted by molar-refractivity contribution is 5.94. The molecule has 1 saturated heterocycles. The zero-order chi connectivity index (χ0) is 16.9. The van der Waals surface area contributed by atoms with Crippen molar-refractivity contribution in [3.63, 3.8) is 0 Å². The van der Waals surface area contributed by atoms with Crippen LogP contribution in [-0.2, 0) is 6.54 Å². The largest absolute Gasteiger partial charge is 0.355 e. The summed E-state index contributed by atoms with van der Waals surface area (Å²) < 4.78 is 0. The second-order valence-electron chi connectivity index (χ2n) is 6.16. The molecule has 24 heavy (non-hydrogen) atoms. The van der Waals surface area contributed by atoms with E-state index >= 15 is 0 Å². The van der Waals surface area contributed by atoms with Crippen molar-refractivity contribution in [1.29, 1.82) is 0 Å². The van der Waals surface area contributed by atoms with Crippen LogP contribution in [-0.4, -0.2) is 42.5 Å². The molecular weight excluding hydrogens is 300 g/mol. The van der Waals surface area contributed by atoms with Crippen molar-refractivity contribution in [3.8, 4) is 0 Å². The summed E-state index contributed by atoms with van der Waals surface area (Å²) in [5.74, 6) is -0.0484. The fraction of sp³-hybridized carbons (Fsp3) is 0.368. The summed E-state index contributed by atoms with van der Waals surface area (Å²) in [5.41, 5.74) is 4.20. The van der Waals surface area contributed by atoms with Crippen LogP contribution in [0.25, 0.3) is 0 Å². The SMILES string of the molecule is CNC(=O)c1cccc([C@@H]2CNCCN2Cc2ncccc2C)c1. The molecule has 0 spiro atoms. The fourth-order valence-corrected chi connectivity index (χ4v) is 3.17. The highest BCUT2D eigenvalue weighted by atomic mass is 16.1. The molecule has 0 bridgehead atoms. The molecule has 5 nitrogen and oxygen atoms in total. The number of aryl methyl sites for hydroxylation is 1. The van der Waals surface area contributed by atoms with Crippen molar-refractivity contribution in [2.45, 2.75) is 19.5 Å². The summed E-state index contributed by atoms with van der Waals surface area (Å²) in [6, 6.07) is 12.2. The quantitative estimate of drug-likeness (QED) is 0.902. The number of nitrogens with zero attached hydrogens (tertiary/aromatic N) is 2. The monoisotopic (exact) mass is 324 g/mol. The number of carbonyl (C=O) groups excluding carboxylic acids is 1. The molecule has 2 aromatic rings. The Morgan fingerprint density at radius 3 is 3.04 bits per heavy atom. The van der Waals surface area contributed by atoms with Gasteiger partial charge in [0.15, 0.2) is 0 Å². The van der Waals surface area contributed by atoms with Gasteiger partial charge < -0.3 is 10.6 Å². The lowest BCUT2D eigenvalue weighted by molar-refractivity contribution is 0.0962. The smallest absolute Gasteiger partial charge is 0.251 e. The molecule has 1 atom stereocenters. The molecule has 0 aliphatic carbocycles. The first-order valence-corrected chi connectivity index (χ1v) is 8.36. The maximum atomic E-state index is 11.9. The standard InChI is InChI=1S/C19H24N4O/c1-14-5-4-8-22-17(14)13-23-10-9-21-12-18(23)15-6-3-7-16(11-15)19(24)20-2/h3-8,11,18,21H,9-10,12-13H2,1-2H3,(H,20,24)/t18-/m0/s1. The normalized spacial score (nSPS) is 18.3. The summed E-state index contributed by atoms with van der Waals surface area (Å²) in [5, 5.41) is 6.16. The Balaban J connectivity index is 1.85. The van der Waals surface area contributed by atoms with Crippen molar-refractivity contribution in [3.05, 3.63) is 65.0 Å². The van der Waals surface area contributed by atoms with E-state index in [4.69, 9.17) is 0 Å². The summed E-state index contributed by atoms with van der Waals surface area (Å²) in [6.07, 6.45) is 1.85. The van der Waals surface area contributed by atoms with Gasteiger partial charge in [-0.15, -0.1) is 0 Å². The number of aromatic nitrogens is 1. The number of hydrogen-bond acceptors (Lipinski definition) is 4. The van der Waals surface area contributed by atoms with E-state index in [-0.39, 0.29) is 11.9 Å². The van der Waals surface area contributed by atoms with Crippen LogP contribution < -0.4 is 10.6 Å². The van der Waals surface area contributed by atoms with Gasteiger partial charge in [-0.1, -0.05) is 18.2 Å². The van der Waals surface area contributed by atoms with Gasteiger partial charge in [-0.25, -0.2) is 0 Å². The van der Waals surface area contributed by atoms with Gasteiger partial charge in [0.1, 0.15) is 0 Å². The van der Waals surface area contributed by atoms with Crippen LogP contribution in [0.3, 0.4) is 0 Å². The Labute approximate surface area is 143 Å². The first kappa shape index (κ1) is 16.6. The number of piperazine rings is 1. The average molecular weight is 324 g/mol. The topological polar surface area (TPSA) is 57.3 Å². The molecule has 1 aliphatic rings. The lowest BCUT2D eigenvalue weighted by atomic mass is 10.00. The van der Waals surface area contributed by atoms with Crippen LogP contribution in [0.5, 0.6) is 0 Å². The molecule has 2 N–H and O–H groups in total. The molecule has 5 heteroatoms. The van der Waals surface area contributed by atoms with E-state index in [9.17, 15) is 4.79 Å². The van der Waals surface area contributed by atoms with E-state index < -0.39 is 0 Å².